The molecule has 0 saturated heterocycles. The van der Waals surface area contributed by atoms with Gasteiger partial charge in [-0.15, -0.1) is 0 Å². The van der Waals surface area contributed by atoms with Gasteiger partial charge in [0.1, 0.15) is 5.69 Å². The third-order valence-corrected chi connectivity index (χ3v) is 4.19. The highest BCUT2D eigenvalue weighted by molar-refractivity contribution is 6.03. The molecular weight excluding hydrogens is 368 g/mol. The molecule has 1 amide bonds. The third-order valence-electron chi connectivity index (χ3n) is 4.19. The molecule has 0 aliphatic rings. The van der Waals surface area contributed by atoms with Crippen molar-refractivity contribution >= 4 is 29.2 Å². The zero-order valence-electron chi connectivity index (χ0n) is 16.3. The average Bonchev–Trinajstić information content (AvgIpc) is 2.75. The number of hydrogen-bond acceptors (Lipinski definition) is 6. The summed E-state index contributed by atoms with van der Waals surface area (Å²) < 4.78 is 4.95. The molecule has 0 atom stereocenters. The van der Waals surface area contributed by atoms with E-state index in [0.29, 0.717) is 23.8 Å². The quantitative estimate of drug-likeness (QED) is 0.587. The molecule has 2 N–H and O–H groups in total. The van der Waals surface area contributed by atoms with Gasteiger partial charge in [0, 0.05) is 17.6 Å². The lowest BCUT2D eigenvalue weighted by molar-refractivity contribution is 0.0526. The number of aryl methyl sites for hydroxylation is 1. The Morgan fingerprint density at radius 1 is 1.00 bits per heavy atom. The smallest absolute Gasteiger partial charge is 0.338 e. The van der Waals surface area contributed by atoms with Gasteiger partial charge in [0.2, 0.25) is 5.95 Å². The normalized spacial score (nSPS) is 10.3. The summed E-state index contributed by atoms with van der Waals surface area (Å²) in [6, 6.07) is 15.9. The van der Waals surface area contributed by atoms with Gasteiger partial charge in [-0.1, -0.05) is 25.1 Å². The number of hydrogen-bond donors (Lipinski definition) is 2. The largest absolute Gasteiger partial charge is 0.462 e. The van der Waals surface area contributed by atoms with Crippen LogP contribution in [0.2, 0.25) is 0 Å². The van der Waals surface area contributed by atoms with E-state index >= 15 is 0 Å². The van der Waals surface area contributed by atoms with Crippen molar-refractivity contribution in [2.24, 2.45) is 0 Å². The standard InChI is InChI=1S/C22H22N4O3/c1-3-15-7-5-6-8-18(15)25-22-23-14-13-19(26-22)20(27)24-17-11-9-16(10-12-17)21(28)29-4-2/h5-14H,3-4H2,1-2H3,(H,24,27)(H,23,25,26). The number of benzene rings is 2. The SMILES string of the molecule is CCOC(=O)c1ccc(NC(=O)c2ccnc(Nc3ccccc3CC)n2)cc1. The summed E-state index contributed by atoms with van der Waals surface area (Å²) in [5.74, 6) is -0.427. The number of nitrogens with one attached hydrogen (secondary N) is 2. The van der Waals surface area contributed by atoms with Crippen LogP contribution in [-0.2, 0) is 11.2 Å². The fourth-order valence-corrected chi connectivity index (χ4v) is 2.72. The van der Waals surface area contributed by atoms with E-state index < -0.39 is 5.97 Å². The number of rotatable bonds is 7. The van der Waals surface area contributed by atoms with Gasteiger partial charge in [-0.25, -0.2) is 14.8 Å². The molecule has 3 aromatic rings. The summed E-state index contributed by atoms with van der Waals surface area (Å²) in [5.41, 5.74) is 3.24. The summed E-state index contributed by atoms with van der Waals surface area (Å²) in [6.07, 6.45) is 2.40. The van der Waals surface area contributed by atoms with Crippen LogP contribution in [0.1, 0.15) is 40.3 Å². The van der Waals surface area contributed by atoms with Crippen LogP contribution >= 0.6 is 0 Å². The van der Waals surface area contributed by atoms with Crippen LogP contribution < -0.4 is 10.6 Å². The van der Waals surface area contributed by atoms with Crippen LogP contribution in [0.3, 0.4) is 0 Å². The van der Waals surface area contributed by atoms with Gasteiger partial charge in [-0.05, 0) is 55.3 Å². The number of carbonyl (C=O) groups is 2. The lowest BCUT2D eigenvalue weighted by Gasteiger charge is -2.10. The third kappa shape index (κ3) is 5.16. The van der Waals surface area contributed by atoms with E-state index in [1.165, 1.54) is 6.20 Å². The van der Waals surface area contributed by atoms with E-state index in [-0.39, 0.29) is 11.6 Å². The number of para-hydroxylation sites is 1. The highest BCUT2D eigenvalue weighted by atomic mass is 16.5. The summed E-state index contributed by atoms with van der Waals surface area (Å²) in [4.78, 5) is 32.7. The number of nitrogens with zero attached hydrogens (tertiary/aromatic N) is 2. The van der Waals surface area contributed by atoms with Crippen molar-refractivity contribution < 1.29 is 14.3 Å². The van der Waals surface area contributed by atoms with Crippen LogP contribution in [-0.4, -0.2) is 28.5 Å². The fraction of sp³-hybridized carbons (Fsp3) is 0.182. The molecule has 7 heteroatoms. The van der Waals surface area contributed by atoms with Gasteiger partial charge >= 0.3 is 5.97 Å². The molecule has 0 unspecified atom stereocenters. The van der Waals surface area contributed by atoms with E-state index in [0.717, 1.165) is 17.7 Å². The van der Waals surface area contributed by atoms with E-state index in [1.54, 1.807) is 37.3 Å². The highest BCUT2D eigenvalue weighted by Crippen LogP contribution is 2.19. The molecule has 29 heavy (non-hydrogen) atoms. The topological polar surface area (TPSA) is 93.2 Å². The monoisotopic (exact) mass is 390 g/mol. The molecule has 0 aliphatic heterocycles. The van der Waals surface area contributed by atoms with Crippen molar-refractivity contribution in [1.29, 1.82) is 0 Å². The number of ether oxygens (including phenoxy) is 1. The second-order valence-electron chi connectivity index (χ2n) is 6.15. The molecule has 2 aromatic carbocycles. The molecule has 1 aromatic heterocycles. The first-order valence-electron chi connectivity index (χ1n) is 9.37. The van der Waals surface area contributed by atoms with E-state index in [9.17, 15) is 9.59 Å². The van der Waals surface area contributed by atoms with Crippen LogP contribution in [0.25, 0.3) is 0 Å². The first-order chi connectivity index (χ1) is 14.1. The zero-order chi connectivity index (χ0) is 20.6. The van der Waals surface area contributed by atoms with Crippen molar-refractivity contribution in [2.45, 2.75) is 20.3 Å². The Bertz CT molecular complexity index is 1000. The van der Waals surface area contributed by atoms with Crippen LogP contribution in [0.15, 0.2) is 60.8 Å². The predicted octanol–water partition coefficient (Wildman–Crippen LogP) is 4.21. The second kappa shape index (κ2) is 9.45. The second-order valence-corrected chi connectivity index (χ2v) is 6.15. The minimum absolute atomic E-state index is 0.228. The van der Waals surface area contributed by atoms with Crippen LogP contribution in [0.4, 0.5) is 17.3 Å². The minimum Gasteiger partial charge on any atom is -0.462 e. The maximum atomic E-state index is 12.5. The Morgan fingerprint density at radius 2 is 1.76 bits per heavy atom. The van der Waals surface area contributed by atoms with Gasteiger partial charge in [-0.3, -0.25) is 4.79 Å². The molecule has 0 fully saturated rings. The van der Waals surface area contributed by atoms with Crippen molar-refractivity contribution in [3.05, 3.63) is 77.6 Å². The molecular formula is C22H22N4O3. The molecule has 0 bridgehead atoms. The summed E-state index contributed by atoms with van der Waals surface area (Å²) in [6.45, 7) is 4.13. The molecule has 0 saturated carbocycles. The lowest BCUT2D eigenvalue weighted by Crippen LogP contribution is -2.15. The molecule has 0 radical (unpaired) electrons. The van der Waals surface area contributed by atoms with Gasteiger partial charge in [0.05, 0.1) is 12.2 Å². The van der Waals surface area contributed by atoms with Gasteiger partial charge in [-0.2, -0.15) is 0 Å². The van der Waals surface area contributed by atoms with E-state index in [2.05, 4.69) is 27.5 Å². The number of amides is 1. The first-order valence-corrected chi connectivity index (χ1v) is 9.37. The van der Waals surface area contributed by atoms with Gasteiger partial charge in [0.15, 0.2) is 0 Å². The highest BCUT2D eigenvalue weighted by Gasteiger charge is 2.11. The Morgan fingerprint density at radius 3 is 2.48 bits per heavy atom. The zero-order valence-corrected chi connectivity index (χ0v) is 16.3. The Balaban J connectivity index is 1.70. The van der Waals surface area contributed by atoms with E-state index in [4.69, 9.17) is 4.74 Å². The van der Waals surface area contributed by atoms with Crippen molar-refractivity contribution in [1.82, 2.24) is 9.97 Å². The van der Waals surface area contributed by atoms with Crippen molar-refractivity contribution in [3.8, 4) is 0 Å². The number of aromatic nitrogens is 2. The van der Waals surface area contributed by atoms with Crippen molar-refractivity contribution in [3.63, 3.8) is 0 Å². The van der Waals surface area contributed by atoms with Crippen LogP contribution in [0.5, 0.6) is 0 Å². The summed E-state index contributed by atoms with van der Waals surface area (Å²) >= 11 is 0. The molecule has 0 spiro atoms. The van der Waals surface area contributed by atoms with Gasteiger partial charge < -0.3 is 15.4 Å². The Hall–Kier alpha value is -3.74. The van der Waals surface area contributed by atoms with Crippen molar-refractivity contribution in [2.75, 3.05) is 17.2 Å². The summed E-state index contributed by atoms with van der Waals surface area (Å²) in [7, 11) is 0. The minimum atomic E-state index is -0.399. The lowest BCUT2D eigenvalue weighted by atomic mass is 10.1. The molecule has 148 valence electrons. The fourth-order valence-electron chi connectivity index (χ4n) is 2.72. The van der Waals surface area contributed by atoms with Gasteiger partial charge in [0.25, 0.3) is 5.91 Å². The first kappa shape index (κ1) is 20.0. The number of carbonyl (C=O) groups excluding carboxylic acids is 2. The Kier molecular flexibility index (Phi) is 6.52. The van der Waals surface area contributed by atoms with Crippen LogP contribution in [0, 0.1) is 0 Å². The predicted molar refractivity (Wildman–Crippen MR) is 111 cm³/mol. The Labute approximate surface area is 169 Å². The number of anilines is 3. The number of esters is 1. The van der Waals surface area contributed by atoms with E-state index in [1.807, 2.05) is 24.3 Å². The maximum Gasteiger partial charge on any atom is 0.338 e. The molecule has 7 nitrogen and oxygen atoms in total. The molecule has 3 rings (SSSR count). The molecule has 0 aliphatic carbocycles. The summed E-state index contributed by atoms with van der Waals surface area (Å²) in [5, 5.41) is 5.92. The molecule has 1 heterocycles. The average molecular weight is 390 g/mol. The maximum absolute atomic E-state index is 12.5.